The zero-order chi connectivity index (χ0) is 23.1. The molecule has 2 aromatic heterocycles. The number of hydrogen-bond acceptors (Lipinski definition) is 4. The Morgan fingerprint density at radius 3 is 2.44 bits per heavy atom. The summed E-state index contributed by atoms with van der Waals surface area (Å²) in [7, 11) is 0. The summed E-state index contributed by atoms with van der Waals surface area (Å²) in [5.74, 6) is 0.156. The van der Waals surface area contributed by atoms with Gasteiger partial charge < -0.3 is 14.2 Å². The second kappa shape index (κ2) is 8.19. The summed E-state index contributed by atoms with van der Waals surface area (Å²) < 4.78 is 11.7. The van der Waals surface area contributed by atoms with E-state index >= 15 is 0 Å². The van der Waals surface area contributed by atoms with E-state index in [-0.39, 0.29) is 5.91 Å². The van der Waals surface area contributed by atoms with Crippen LogP contribution in [0.25, 0.3) is 39.3 Å². The monoisotopic (exact) mass is 447 g/mol. The van der Waals surface area contributed by atoms with Crippen LogP contribution in [-0.4, -0.2) is 5.91 Å². The average molecular weight is 447 g/mol. The van der Waals surface area contributed by atoms with Gasteiger partial charge in [-0.05, 0) is 66.3 Å². The third-order valence-corrected chi connectivity index (χ3v) is 6.27. The summed E-state index contributed by atoms with van der Waals surface area (Å²) in [6.07, 6.45) is 6.32. The van der Waals surface area contributed by atoms with Gasteiger partial charge in [-0.3, -0.25) is 4.79 Å². The summed E-state index contributed by atoms with van der Waals surface area (Å²) in [5, 5.41) is 4.55. The first-order chi connectivity index (χ1) is 16.7. The van der Waals surface area contributed by atoms with Crippen molar-refractivity contribution in [3.05, 3.63) is 106 Å². The maximum Gasteiger partial charge on any atom is 0.336 e. The molecule has 0 atom stereocenters. The maximum atomic E-state index is 12.9. The van der Waals surface area contributed by atoms with Crippen LogP contribution >= 0.6 is 0 Å². The highest BCUT2D eigenvalue weighted by Gasteiger charge is 2.22. The number of benzene rings is 3. The molecular formula is C29H21NO4. The highest BCUT2D eigenvalue weighted by molar-refractivity contribution is 6.12. The molecule has 5 nitrogen and oxygen atoms in total. The highest BCUT2D eigenvalue weighted by atomic mass is 16.4. The molecule has 0 aliphatic heterocycles. The van der Waals surface area contributed by atoms with Gasteiger partial charge in [-0.25, -0.2) is 4.79 Å². The molecule has 0 fully saturated rings. The number of fused-ring (bicyclic) bond motifs is 3. The first kappa shape index (κ1) is 20.2. The van der Waals surface area contributed by atoms with Crippen molar-refractivity contribution in [2.75, 3.05) is 5.32 Å². The molecule has 1 N–H and O–H groups in total. The molecule has 1 aliphatic carbocycles. The first-order valence-corrected chi connectivity index (χ1v) is 11.3. The van der Waals surface area contributed by atoms with E-state index in [0.29, 0.717) is 28.2 Å². The zero-order valence-corrected chi connectivity index (χ0v) is 18.3. The predicted molar refractivity (Wildman–Crippen MR) is 134 cm³/mol. The fraction of sp³-hybridized carbons (Fsp3) is 0.103. The molecule has 2 heterocycles. The van der Waals surface area contributed by atoms with Crippen LogP contribution in [0.4, 0.5) is 5.69 Å². The molecule has 5 aromatic rings. The fourth-order valence-electron chi connectivity index (χ4n) is 4.68. The fourth-order valence-corrected chi connectivity index (χ4v) is 4.68. The van der Waals surface area contributed by atoms with E-state index in [4.69, 9.17) is 8.83 Å². The van der Waals surface area contributed by atoms with Crippen LogP contribution in [0.15, 0.2) is 92.5 Å². The van der Waals surface area contributed by atoms with Crippen molar-refractivity contribution in [1.82, 2.24) is 0 Å². The number of carbonyl (C=O) groups excluding carboxylic acids is 1. The molecule has 6 rings (SSSR count). The number of para-hydroxylation sites is 1. The minimum Gasteiger partial charge on any atom is -0.454 e. The molecule has 0 saturated heterocycles. The molecule has 0 saturated carbocycles. The van der Waals surface area contributed by atoms with Crippen LogP contribution in [0.5, 0.6) is 0 Å². The SMILES string of the molecule is O=C(C=Cc1ccccc1)Nc1c(-c2cc(=O)oc3cc4c(cc23)CCC4)oc2ccccc12. The minimum absolute atomic E-state index is 0.287. The van der Waals surface area contributed by atoms with Crippen molar-refractivity contribution >= 4 is 39.6 Å². The molecule has 3 aromatic carbocycles. The minimum atomic E-state index is -0.456. The molecule has 0 bridgehead atoms. The van der Waals surface area contributed by atoms with Gasteiger partial charge >= 0.3 is 5.63 Å². The van der Waals surface area contributed by atoms with Gasteiger partial charge in [0.1, 0.15) is 11.2 Å². The third kappa shape index (κ3) is 3.61. The van der Waals surface area contributed by atoms with Crippen LogP contribution in [0.1, 0.15) is 23.1 Å². The lowest BCUT2D eigenvalue weighted by atomic mass is 10.0. The standard InChI is InChI=1S/C29H21NO4/c31-26(14-13-18-7-2-1-3-8-18)30-28-21-11-4-5-12-24(21)34-29(28)23-17-27(32)33-25-16-20-10-6-9-19(20)15-22(23)25/h1-5,7-8,11-17H,6,9-10H2,(H,30,31). The predicted octanol–water partition coefficient (Wildman–Crippen LogP) is 6.35. The van der Waals surface area contributed by atoms with Gasteiger partial charge in [0, 0.05) is 28.5 Å². The zero-order valence-electron chi connectivity index (χ0n) is 18.3. The number of amides is 1. The Kier molecular flexibility index (Phi) is 4.88. The summed E-state index contributed by atoms with van der Waals surface area (Å²) in [6, 6.07) is 22.6. The number of rotatable bonds is 4. The van der Waals surface area contributed by atoms with Crippen LogP contribution in [-0.2, 0) is 17.6 Å². The summed E-state index contributed by atoms with van der Waals surface area (Å²) in [6.45, 7) is 0. The Bertz CT molecular complexity index is 1640. The number of anilines is 1. The smallest absolute Gasteiger partial charge is 0.336 e. The van der Waals surface area contributed by atoms with E-state index in [9.17, 15) is 9.59 Å². The van der Waals surface area contributed by atoms with E-state index in [0.717, 1.165) is 35.6 Å². The van der Waals surface area contributed by atoms with Crippen molar-refractivity contribution in [1.29, 1.82) is 0 Å². The van der Waals surface area contributed by atoms with Crippen molar-refractivity contribution < 1.29 is 13.6 Å². The Labute approximate surface area is 195 Å². The lowest BCUT2D eigenvalue weighted by Crippen LogP contribution is -2.08. The topological polar surface area (TPSA) is 72.5 Å². The van der Waals surface area contributed by atoms with Crippen LogP contribution in [0, 0.1) is 0 Å². The van der Waals surface area contributed by atoms with E-state index in [1.807, 2.05) is 60.7 Å². The van der Waals surface area contributed by atoms with Gasteiger partial charge in [-0.2, -0.15) is 0 Å². The number of carbonyl (C=O) groups is 1. The molecule has 1 aliphatic rings. The van der Waals surface area contributed by atoms with Gasteiger partial charge in [0.25, 0.3) is 0 Å². The molecule has 1 amide bonds. The van der Waals surface area contributed by atoms with Crippen LogP contribution in [0.3, 0.4) is 0 Å². The van der Waals surface area contributed by atoms with Crippen molar-refractivity contribution in [3.63, 3.8) is 0 Å². The molecule has 34 heavy (non-hydrogen) atoms. The maximum absolute atomic E-state index is 12.9. The lowest BCUT2D eigenvalue weighted by Gasteiger charge is -2.09. The number of aryl methyl sites for hydroxylation is 2. The van der Waals surface area contributed by atoms with Crippen molar-refractivity contribution in [3.8, 4) is 11.3 Å². The second-order valence-electron chi connectivity index (χ2n) is 8.49. The van der Waals surface area contributed by atoms with Crippen molar-refractivity contribution in [2.24, 2.45) is 0 Å². The quantitative estimate of drug-likeness (QED) is 0.257. The Balaban J connectivity index is 1.49. The Morgan fingerprint density at radius 2 is 1.59 bits per heavy atom. The van der Waals surface area contributed by atoms with Crippen molar-refractivity contribution in [2.45, 2.75) is 19.3 Å². The molecule has 0 spiro atoms. The molecule has 5 heteroatoms. The summed E-state index contributed by atoms with van der Waals surface area (Å²) >= 11 is 0. The Morgan fingerprint density at radius 1 is 0.824 bits per heavy atom. The number of furan rings is 1. The van der Waals surface area contributed by atoms with Gasteiger partial charge in [0.2, 0.25) is 5.91 Å². The Hall–Kier alpha value is -4.38. The van der Waals surface area contributed by atoms with Gasteiger partial charge in [0.15, 0.2) is 5.76 Å². The lowest BCUT2D eigenvalue weighted by molar-refractivity contribution is -0.111. The molecular weight excluding hydrogens is 426 g/mol. The van der Waals surface area contributed by atoms with Gasteiger partial charge in [-0.1, -0.05) is 42.5 Å². The van der Waals surface area contributed by atoms with E-state index in [1.54, 1.807) is 6.08 Å². The normalized spacial score (nSPS) is 13.1. The van der Waals surface area contributed by atoms with Crippen LogP contribution in [0.2, 0.25) is 0 Å². The highest BCUT2D eigenvalue weighted by Crippen LogP contribution is 2.41. The van der Waals surface area contributed by atoms with Gasteiger partial charge in [0.05, 0.1) is 5.69 Å². The first-order valence-electron chi connectivity index (χ1n) is 11.3. The number of nitrogens with one attached hydrogen (secondary N) is 1. The van der Waals surface area contributed by atoms with E-state index in [2.05, 4.69) is 11.4 Å². The summed E-state index contributed by atoms with van der Waals surface area (Å²) in [5.41, 5.74) is 5.25. The largest absolute Gasteiger partial charge is 0.454 e. The molecule has 166 valence electrons. The average Bonchev–Trinajstić information content (AvgIpc) is 3.46. The number of hydrogen-bond donors (Lipinski definition) is 1. The van der Waals surface area contributed by atoms with E-state index in [1.165, 1.54) is 23.3 Å². The molecule has 0 unspecified atom stereocenters. The second-order valence-corrected chi connectivity index (χ2v) is 8.49. The third-order valence-electron chi connectivity index (χ3n) is 6.27. The van der Waals surface area contributed by atoms with Gasteiger partial charge in [-0.15, -0.1) is 0 Å². The van der Waals surface area contributed by atoms with E-state index < -0.39 is 5.63 Å². The van der Waals surface area contributed by atoms with Crippen LogP contribution < -0.4 is 10.9 Å². The summed E-state index contributed by atoms with van der Waals surface area (Å²) in [4.78, 5) is 25.4. The molecule has 0 radical (unpaired) electrons.